The minimum Gasteiger partial charge on any atom is -0.385 e. The minimum absolute atomic E-state index is 0.0104. The molecule has 0 heterocycles. The first kappa shape index (κ1) is 15.5. The number of rotatable bonds is 3. The second-order valence-corrected chi connectivity index (χ2v) is 5.54. The quantitative estimate of drug-likeness (QED) is 0.795. The van der Waals surface area contributed by atoms with E-state index in [-0.39, 0.29) is 5.92 Å². The molecule has 1 aliphatic carbocycles. The Morgan fingerprint density at radius 3 is 2.39 bits per heavy atom. The normalized spacial score (nSPS) is 29.4. The molecule has 106 valence electrons. The van der Waals surface area contributed by atoms with Gasteiger partial charge in [0.2, 0.25) is 0 Å². The molecule has 5 heteroatoms. The zero-order valence-corrected chi connectivity index (χ0v) is 10.8. The van der Waals surface area contributed by atoms with Gasteiger partial charge in [-0.15, -0.1) is 0 Å². The summed E-state index contributed by atoms with van der Waals surface area (Å²) in [6.45, 7) is 3.68. The molecule has 0 aromatic rings. The Morgan fingerprint density at radius 1 is 1.22 bits per heavy atom. The van der Waals surface area contributed by atoms with Gasteiger partial charge in [0.05, 0.1) is 0 Å². The summed E-state index contributed by atoms with van der Waals surface area (Å²) in [4.78, 5) is 11.0. The fourth-order valence-electron chi connectivity index (χ4n) is 2.71. The largest absolute Gasteiger partial charge is 0.452 e. The van der Waals surface area contributed by atoms with E-state index in [0.29, 0.717) is 5.92 Å². The first-order valence-electron chi connectivity index (χ1n) is 6.52. The predicted octanol–water partition coefficient (Wildman–Crippen LogP) is 3.33. The van der Waals surface area contributed by atoms with Gasteiger partial charge in [0.1, 0.15) is 6.10 Å². The van der Waals surface area contributed by atoms with Crippen LogP contribution in [0.4, 0.5) is 13.2 Å². The Morgan fingerprint density at radius 2 is 1.83 bits per heavy atom. The van der Waals surface area contributed by atoms with Crippen molar-refractivity contribution < 1.29 is 23.1 Å². The molecule has 2 nitrogen and oxygen atoms in total. The van der Waals surface area contributed by atoms with E-state index < -0.39 is 24.0 Å². The number of carbonyl (C=O) groups excluding carboxylic acids is 1. The lowest BCUT2D eigenvalue weighted by Gasteiger charge is -2.26. The maximum Gasteiger partial charge on any atom is 0.452 e. The Hall–Kier alpha value is -0.580. The molecule has 1 aliphatic rings. The van der Waals surface area contributed by atoms with Crippen molar-refractivity contribution in [2.24, 2.45) is 17.8 Å². The summed E-state index contributed by atoms with van der Waals surface area (Å²) < 4.78 is 36.8. The highest BCUT2D eigenvalue weighted by Crippen LogP contribution is 2.34. The van der Waals surface area contributed by atoms with Crippen LogP contribution in [0.3, 0.4) is 0 Å². The summed E-state index contributed by atoms with van der Waals surface area (Å²) in [5.41, 5.74) is 0. The van der Waals surface area contributed by atoms with E-state index in [0.717, 1.165) is 32.1 Å². The van der Waals surface area contributed by atoms with Crippen LogP contribution in [0.25, 0.3) is 0 Å². The van der Waals surface area contributed by atoms with E-state index >= 15 is 0 Å². The number of aliphatic hydroxyl groups is 1. The maximum absolute atomic E-state index is 12.3. The summed E-state index contributed by atoms with van der Waals surface area (Å²) in [6.07, 6.45) is -2.26. The number of Topliss-reactive ketones (excluding diaryl/α,β-unsaturated/α-hetero) is 1. The topological polar surface area (TPSA) is 37.3 Å². The monoisotopic (exact) mass is 266 g/mol. The molecule has 1 fully saturated rings. The van der Waals surface area contributed by atoms with Crippen molar-refractivity contribution in [3.05, 3.63) is 0 Å². The molecule has 0 spiro atoms. The molecule has 0 bridgehead atoms. The molecule has 1 rings (SSSR count). The predicted molar refractivity (Wildman–Crippen MR) is 62.0 cm³/mol. The third kappa shape index (κ3) is 3.97. The number of ketones is 1. The van der Waals surface area contributed by atoms with E-state index in [1.165, 1.54) is 0 Å². The molecule has 0 amide bonds. The maximum atomic E-state index is 12.3. The Labute approximate surface area is 106 Å². The number of alkyl halides is 3. The SMILES string of the molecule is CC1CCCC(C(C)C(O)C(=O)C(F)(F)F)CC1. The fourth-order valence-corrected chi connectivity index (χ4v) is 2.71. The Bertz CT molecular complexity index is 288. The van der Waals surface area contributed by atoms with Crippen LogP contribution in [0.5, 0.6) is 0 Å². The van der Waals surface area contributed by atoms with E-state index in [1.807, 2.05) is 0 Å². The van der Waals surface area contributed by atoms with Crippen molar-refractivity contribution >= 4 is 5.78 Å². The lowest BCUT2D eigenvalue weighted by Crippen LogP contribution is -2.40. The average Bonchev–Trinajstić information content (AvgIpc) is 2.50. The molecule has 0 aliphatic heterocycles. The smallest absolute Gasteiger partial charge is 0.385 e. The second-order valence-electron chi connectivity index (χ2n) is 5.54. The van der Waals surface area contributed by atoms with Crippen LogP contribution in [0.2, 0.25) is 0 Å². The molecule has 1 saturated carbocycles. The van der Waals surface area contributed by atoms with Gasteiger partial charge in [0, 0.05) is 0 Å². The average molecular weight is 266 g/mol. The second kappa shape index (κ2) is 6.04. The number of hydrogen-bond acceptors (Lipinski definition) is 2. The van der Waals surface area contributed by atoms with Crippen molar-refractivity contribution in [3.8, 4) is 0 Å². The summed E-state index contributed by atoms with van der Waals surface area (Å²) in [7, 11) is 0. The lowest BCUT2D eigenvalue weighted by molar-refractivity contribution is -0.183. The van der Waals surface area contributed by atoms with Crippen LogP contribution >= 0.6 is 0 Å². The van der Waals surface area contributed by atoms with Gasteiger partial charge in [0.15, 0.2) is 0 Å². The highest BCUT2D eigenvalue weighted by atomic mass is 19.4. The molecule has 0 aromatic carbocycles. The van der Waals surface area contributed by atoms with Crippen molar-refractivity contribution in [3.63, 3.8) is 0 Å². The summed E-state index contributed by atoms with van der Waals surface area (Å²) in [5.74, 6) is -2.04. The Kier molecular flexibility index (Phi) is 5.20. The molecular weight excluding hydrogens is 245 g/mol. The molecule has 0 saturated heterocycles. The molecule has 18 heavy (non-hydrogen) atoms. The zero-order valence-electron chi connectivity index (χ0n) is 10.8. The van der Waals surface area contributed by atoms with Crippen LogP contribution in [0, 0.1) is 17.8 Å². The van der Waals surface area contributed by atoms with Gasteiger partial charge in [-0.2, -0.15) is 13.2 Å². The standard InChI is InChI=1S/C13H21F3O2/c1-8-4-3-5-10(7-6-8)9(2)11(17)12(18)13(14,15)16/h8-11,17H,3-7H2,1-2H3. The van der Waals surface area contributed by atoms with E-state index in [1.54, 1.807) is 6.92 Å². The zero-order chi connectivity index (χ0) is 13.9. The third-order valence-electron chi connectivity index (χ3n) is 4.09. The van der Waals surface area contributed by atoms with Crippen LogP contribution in [-0.4, -0.2) is 23.2 Å². The van der Waals surface area contributed by atoms with Crippen LogP contribution < -0.4 is 0 Å². The van der Waals surface area contributed by atoms with Crippen LogP contribution in [0.15, 0.2) is 0 Å². The van der Waals surface area contributed by atoms with Crippen molar-refractivity contribution in [2.75, 3.05) is 0 Å². The highest BCUT2D eigenvalue weighted by Gasteiger charge is 2.45. The van der Waals surface area contributed by atoms with Gasteiger partial charge in [-0.25, -0.2) is 0 Å². The molecule has 4 atom stereocenters. The van der Waals surface area contributed by atoms with Gasteiger partial charge < -0.3 is 5.11 Å². The first-order chi connectivity index (χ1) is 8.23. The molecular formula is C13H21F3O2. The first-order valence-corrected chi connectivity index (χ1v) is 6.52. The summed E-state index contributed by atoms with van der Waals surface area (Å²) in [5, 5.41) is 9.56. The number of hydrogen-bond donors (Lipinski definition) is 1. The third-order valence-corrected chi connectivity index (χ3v) is 4.09. The molecule has 0 aromatic heterocycles. The molecule has 0 radical (unpaired) electrons. The van der Waals surface area contributed by atoms with Gasteiger partial charge in [-0.1, -0.05) is 39.5 Å². The van der Waals surface area contributed by atoms with Gasteiger partial charge in [-0.05, 0) is 24.2 Å². The van der Waals surface area contributed by atoms with E-state index in [9.17, 15) is 23.1 Å². The summed E-state index contributed by atoms with van der Waals surface area (Å²) in [6, 6.07) is 0. The van der Waals surface area contributed by atoms with Gasteiger partial charge in [-0.3, -0.25) is 4.79 Å². The van der Waals surface area contributed by atoms with E-state index in [2.05, 4.69) is 6.92 Å². The van der Waals surface area contributed by atoms with Crippen molar-refractivity contribution in [2.45, 2.75) is 58.2 Å². The van der Waals surface area contributed by atoms with Crippen LogP contribution in [-0.2, 0) is 4.79 Å². The van der Waals surface area contributed by atoms with Crippen molar-refractivity contribution in [1.82, 2.24) is 0 Å². The Balaban J connectivity index is 2.63. The minimum atomic E-state index is -4.94. The van der Waals surface area contributed by atoms with Gasteiger partial charge >= 0.3 is 6.18 Å². The lowest BCUT2D eigenvalue weighted by atomic mass is 9.82. The number of carbonyl (C=O) groups is 1. The van der Waals surface area contributed by atoms with Gasteiger partial charge in [0.25, 0.3) is 5.78 Å². The number of aliphatic hydroxyl groups excluding tert-OH is 1. The highest BCUT2D eigenvalue weighted by molar-refractivity contribution is 5.88. The molecule has 4 unspecified atom stereocenters. The number of halogens is 3. The fraction of sp³-hybridized carbons (Fsp3) is 0.923. The molecule has 1 N–H and O–H groups in total. The van der Waals surface area contributed by atoms with E-state index in [4.69, 9.17) is 0 Å². The summed E-state index contributed by atoms with van der Waals surface area (Å²) >= 11 is 0. The van der Waals surface area contributed by atoms with Crippen molar-refractivity contribution in [1.29, 1.82) is 0 Å². The van der Waals surface area contributed by atoms with Crippen LogP contribution in [0.1, 0.15) is 46.0 Å².